The summed E-state index contributed by atoms with van der Waals surface area (Å²) in [6, 6.07) is 0. The first kappa shape index (κ1) is 8.70. The molecule has 0 bridgehead atoms. The van der Waals surface area contributed by atoms with E-state index in [1.54, 1.807) is 0 Å². The van der Waals surface area contributed by atoms with Crippen molar-refractivity contribution in [2.75, 3.05) is 0 Å². The first-order valence-corrected chi connectivity index (χ1v) is 2.43. The number of rotatable bonds is 2. The van der Waals surface area contributed by atoms with Crippen molar-refractivity contribution in [3.63, 3.8) is 0 Å². The summed E-state index contributed by atoms with van der Waals surface area (Å²) in [6.45, 7) is 0.967. The Hall–Kier alpha value is -1.30. The van der Waals surface area contributed by atoms with Crippen LogP contribution in [0.3, 0.4) is 0 Å². The van der Waals surface area contributed by atoms with Gasteiger partial charge in [0, 0.05) is 0 Å². The van der Waals surface area contributed by atoms with Crippen LogP contribution in [0.2, 0.25) is 0 Å². The molecule has 10 heavy (non-hydrogen) atoms. The molecule has 0 aromatic carbocycles. The van der Waals surface area contributed by atoms with Gasteiger partial charge in [-0.05, 0) is 6.92 Å². The van der Waals surface area contributed by atoms with Crippen LogP contribution in [0.25, 0.3) is 0 Å². The number of carboxylic acids is 1. The fraction of sp³-hybridized carbons (Fsp3) is 0.500. The van der Waals surface area contributed by atoms with Gasteiger partial charge in [-0.1, -0.05) is 0 Å². The van der Waals surface area contributed by atoms with Crippen LogP contribution in [0.5, 0.6) is 0 Å². The molecule has 0 amide bonds. The van der Waals surface area contributed by atoms with Gasteiger partial charge in [0.05, 0.1) is 0 Å². The molecule has 1 atom stereocenters. The van der Waals surface area contributed by atoms with E-state index in [1.807, 2.05) is 0 Å². The molecule has 0 aliphatic heterocycles. The summed E-state index contributed by atoms with van der Waals surface area (Å²) in [5.41, 5.74) is 7.42. The Bertz CT molecular complexity index is 171. The van der Waals surface area contributed by atoms with E-state index < -0.39 is 17.7 Å². The Morgan fingerprint density at radius 1 is 1.60 bits per heavy atom. The van der Waals surface area contributed by atoms with Crippen LogP contribution in [-0.4, -0.2) is 27.9 Å². The van der Waals surface area contributed by atoms with Gasteiger partial charge in [-0.15, -0.1) is 0 Å². The van der Waals surface area contributed by atoms with Gasteiger partial charge >= 0.3 is 5.97 Å². The number of carbonyl (C=O) groups is 1. The third-order valence-corrected chi connectivity index (χ3v) is 0.752. The number of aliphatic carboxylic acids is 1. The van der Waals surface area contributed by atoms with Gasteiger partial charge in [-0.25, -0.2) is 9.79 Å². The Morgan fingerprint density at radius 3 is 2.10 bits per heavy atom. The molecular weight excluding hydrogens is 138 g/mol. The van der Waals surface area contributed by atoms with Crippen molar-refractivity contribution in [1.29, 1.82) is 0 Å². The van der Waals surface area contributed by atoms with E-state index in [4.69, 9.17) is 21.7 Å². The molecule has 6 N–H and O–H groups in total. The Kier molecular flexibility index (Phi) is 2.20. The molecule has 6 heteroatoms. The standard InChI is InChI=1S/C4H9N3O3/c1-4(10,2(8)9)7-3(5)6/h10H,1H3,(H,8,9)(H4,5,6,7). The maximum absolute atomic E-state index is 10.1. The highest BCUT2D eigenvalue weighted by atomic mass is 16.4. The molecule has 0 saturated carbocycles. The van der Waals surface area contributed by atoms with E-state index >= 15 is 0 Å². The summed E-state index contributed by atoms with van der Waals surface area (Å²) >= 11 is 0. The Labute approximate surface area is 57.2 Å². The number of carboxylic acid groups (broad SMARTS) is 1. The molecule has 58 valence electrons. The van der Waals surface area contributed by atoms with Crippen molar-refractivity contribution in [2.45, 2.75) is 12.6 Å². The average molecular weight is 147 g/mol. The number of hydrogen-bond acceptors (Lipinski definition) is 3. The first-order chi connectivity index (χ1) is 4.36. The van der Waals surface area contributed by atoms with Crippen LogP contribution < -0.4 is 11.5 Å². The molecule has 0 rings (SSSR count). The highest BCUT2D eigenvalue weighted by molar-refractivity contribution is 5.83. The zero-order chi connectivity index (χ0) is 8.36. The van der Waals surface area contributed by atoms with Crippen molar-refractivity contribution in [1.82, 2.24) is 0 Å². The maximum atomic E-state index is 10.1. The predicted octanol–water partition coefficient (Wildman–Crippen LogP) is -1.95. The summed E-state index contributed by atoms with van der Waals surface area (Å²) in [4.78, 5) is 13.1. The van der Waals surface area contributed by atoms with Crippen LogP contribution in [0, 0.1) is 0 Å². The lowest BCUT2D eigenvalue weighted by molar-refractivity contribution is -0.155. The molecule has 0 aromatic rings. The topological polar surface area (TPSA) is 122 Å². The smallest absolute Gasteiger partial charge is 0.358 e. The molecule has 1 unspecified atom stereocenters. The fourth-order valence-corrected chi connectivity index (χ4v) is 0.299. The monoisotopic (exact) mass is 147 g/mol. The van der Waals surface area contributed by atoms with E-state index in [9.17, 15) is 4.79 Å². The van der Waals surface area contributed by atoms with Gasteiger partial charge in [0.2, 0.25) is 0 Å². The summed E-state index contributed by atoms with van der Waals surface area (Å²) in [5, 5.41) is 17.0. The van der Waals surface area contributed by atoms with Gasteiger partial charge in [-0.2, -0.15) is 0 Å². The average Bonchev–Trinajstić information content (AvgIpc) is 1.60. The maximum Gasteiger partial charge on any atom is 0.358 e. The fourth-order valence-electron chi connectivity index (χ4n) is 0.299. The molecule has 0 fully saturated rings. The van der Waals surface area contributed by atoms with Crippen molar-refractivity contribution < 1.29 is 15.0 Å². The highest BCUT2D eigenvalue weighted by Gasteiger charge is 2.28. The molecule has 0 aliphatic carbocycles. The quantitative estimate of drug-likeness (QED) is 0.267. The van der Waals surface area contributed by atoms with Crippen molar-refractivity contribution in [3.05, 3.63) is 0 Å². The zero-order valence-electron chi connectivity index (χ0n) is 5.40. The molecule has 0 spiro atoms. The van der Waals surface area contributed by atoms with Gasteiger partial charge in [-0.3, -0.25) is 0 Å². The minimum Gasteiger partial charge on any atom is -0.478 e. The lowest BCUT2D eigenvalue weighted by Crippen LogP contribution is -2.37. The Balaban J connectivity index is 4.42. The van der Waals surface area contributed by atoms with Crippen LogP contribution in [0.1, 0.15) is 6.92 Å². The molecule has 0 saturated heterocycles. The van der Waals surface area contributed by atoms with Gasteiger partial charge in [0.1, 0.15) is 0 Å². The normalized spacial score (nSPS) is 15.4. The van der Waals surface area contributed by atoms with E-state index in [-0.39, 0.29) is 0 Å². The minimum atomic E-state index is -2.22. The number of nitrogens with two attached hydrogens (primary N) is 2. The number of aliphatic imine (C=N–C) groups is 1. The van der Waals surface area contributed by atoms with Crippen molar-refractivity contribution >= 4 is 11.9 Å². The lowest BCUT2D eigenvalue weighted by atomic mass is 10.3. The molecule has 0 aliphatic rings. The predicted molar refractivity (Wildman–Crippen MR) is 34.1 cm³/mol. The van der Waals surface area contributed by atoms with Crippen molar-refractivity contribution in [2.24, 2.45) is 16.5 Å². The van der Waals surface area contributed by atoms with Gasteiger partial charge in [0.15, 0.2) is 5.96 Å². The highest BCUT2D eigenvalue weighted by Crippen LogP contribution is 2.03. The lowest BCUT2D eigenvalue weighted by Gasteiger charge is -2.11. The van der Waals surface area contributed by atoms with E-state index in [1.165, 1.54) is 0 Å². The number of guanidine groups is 1. The molecule has 0 aromatic heterocycles. The van der Waals surface area contributed by atoms with Crippen LogP contribution >= 0.6 is 0 Å². The van der Waals surface area contributed by atoms with E-state index in [0.717, 1.165) is 6.92 Å². The third-order valence-electron chi connectivity index (χ3n) is 0.752. The Morgan fingerprint density at radius 2 is 2.00 bits per heavy atom. The zero-order valence-corrected chi connectivity index (χ0v) is 5.40. The molecule has 0 heterocycles. The third kappa shape index (κ3) is 2.31. The van der Waals surface area contributed by atoms with E-state index in [0.29, 0.717) is 0 Å². The van der Waals surface area contributed by atoms with Crippen molar-refractivity contribution in [3.8, 4) is 0 Å². The van der Waals surface area contributed by atoms with Gasteiger partial charge < -0.3 is 21.7 Å². The SMILES string of the molecule is CC(O)(N=C(N)N)C(=O)O. The number of aliphatic hydroxyl groups is 1. The summed E-state index contributed by atoms with van der Waals surface area (Å²) < 4.78 is 0. The molecular formula is C4H9N3O3. The largest absolute Gasteiger partial charge is 0.478 e. The van der Waals surface area contributed by atoms with Gasteiger partial charge in [0.25, 0.3) is 5.72 Å². The molecule has 0 radical (unpaired) electrons. The van der Waals surface area contributed by atoms with Crippen LogP contribution in [0.4, 0.5) is 0 Å². The first-order valence-electron chi connectivity index (χ1n) is 2.43. The number of hydrogen-bond donors (Lipinski definition) is 4. The number of nitrogens with zero attached hydrogens (tertiary/aromatic N) is 1. The minimum absolute atomic E-state index is 0.465. The molecule has 6 nitrogen and oxygen atoms in total. The summed E-state index contributed by atoms with van der Waals surface area (Å²) in [6.07, 6.45) is 0. The second-order valence-corrected chi connectivity index (χ2v) is 1.86. The van der Waals surface area contributed by atoms with Crippen LogP contribution in [0.15, 0.2) is 4.99 Å². The second-order valence-electron chi connectivity index (χ2n) is 1.86. The van der Waals surface area contributed by atoms with Crippen LogP contribution in [-0.2, 0) is 4.79 Å². The second kappa shape index (κ2) is 2.53. The van der Waals surface area contributed by atoms with E-state index in [2.05, 4.69) is 4.99 Å². The summed E-state index contributed by atoms with van der Waals surface area (Å²) in [7, 11) is 0. The summed E-state index contributed by atoms with van der Waals surface area (Å²) in [5.74, 6) is -1.96.